The van der Waals surface area contributed by atoms with E-state index in [1.807, 2.05) is 13.0 Å². The van der Waals surface area contributed by atoms with E-state index in [1.165, 1.54) is 0 Å². The van der Waals surface area contributed by atoms with Crippen LogP contribution in [0.4, 0.5) is 0 Å². The molecule has 1 rings (SSSR count). The van der Waals surface area contributed by atoms with Crippen LogP contribution in [0.25, 0.3) is 0 Å². The molecule has 2 nitrogen and oxygen atoms in total. The van der Waals surface area contributed by atoms with E-state index in [-0.39, 0.29) is 25.4 Å². The van der Waals surface area contributed by atoms with Gasteiger partial charge in [-0.1, -0.05) is 12.5 Å². The van der Waals surface area contributed by atoms with Crippen LogP contribution in [0.2, 0.25) is 0 Å². The second kappa shape index (κ2) is 5.87. The van der Waals surface area contributed by atoms with Gasteiger partial charge in [0.15, 0.2) is 0 Å². The van der Waals surface area contributed by atoms with Gasteiger partial charge in [0.05, 0.1) is 6.61 Å². The van der Waals surface area contributed by atoms with E-state index in [9.17, 15) is 4.79 Å². The number of hydrogen-bond acceptors (Lipinski definition) is 2. The second-order valence-corrected chi connectivity index (χ2v) is 2.50. The zero-order valence-corrected chi connectivity index (χ0v) is 10.9. The molecule has 13 heavy (non-hydrogen) atoms. The molecule has 1 aromatic rings. The molecule has 1 aromatic carbocycles. The first-order chi connectivity index (χ1) is 5.74. The Bertz CT molecular complexity index is 267. The van der Waals surface area contributed by atoms with Gasteiger partial charge in [-0.15, -0.1) is 29.8 Å². The molecule has 0 fully saturated rings. The van der Waals surface area contributed by atoms with E-state index in [0.717, 1.165) is 5.56 Å². The summed E-state index contributed by atoms with van der Waals surface area (Å²) in [6.45, 7) is 4.14. The SMILES string of the molecule is CCOC(=O)c1[c-]cc(C)cc1.[Zn]. The minimum absolute atomic E-state index is 0. The van der Waals surface area contributed by atoms with Gasteiger partial charge in [0.2, 0.25) is 5.97 Å². The first-order valence-electron chi connectivity index (χ1n) is 3.89. The number of aryl methyl sites for hydroxylation is 1. The van der Waals surface area contributed by atoms with E-state index < -0.39 is 0 Å². The predicted molar refractivity (Wildman–Crippen MR) is 46.0 cm³/mol. The van der Waals surface area contributed by atoms with Crippen molar-refractivity contribution in [2.24, 2.45) is 0 Å². The first-order valence-corrected chi connectivity index (χ1v) is 3.89. The maximum absolute atomic E-state index is 11.1. The number of rotatable bonds is 2. The van der Waals surface area contributed by atoms with Crippen LogP contribution in [0.15, 0.2) is 18.2 Å². The monoisotopic (exact) mass is 227 g/mol. The first kappa shape index (κ1) is 12.3. The fourth-order valence-electron chi connectivity index (χ4n) is 0.838. The van der Waals surface area contributed by atoms with Crippen LogP contribution in [0, 0.1) is 13.0 Å². The third kappa shape index (κ3) is 3.69. The molecule has 0 aliphatic carbocycles. The van der Waals surface area contributed by atoms with Gasteiger partial charge in [0, 0.05) is 19.5 Å². The number of carbonyl (C=O) groups excluding carboxylic acids is 1. The molecule has 0 atom stereocenters. The molecule has 0 heterocycles. The van der Waals surface area contributed by atoms with E-state index >= 15 is 0 Å². The fraction of sp³-hybridized carbons (Fsp3) is 0.300. The summed E-state index contributed by atoms with van der Waals surface area (Å²) >= 11 is 0. The molecular formula is C10H11O2Zn-. The van der Waals surface area contributed by atoms with Gasteiger partial charge >= 0.3 is 0 Å². The summed E-state index contributed by atoms with van der Waals surface area (Å²) in [4.78, 5) is 11.1. The summed E-state index contributed by atoms with van der Waals surface area (Å²) in [6, 6.07) is 8.20. The molecule has 0 saturated heterocycles. The van der Waals surface area contributed by atoms with Crippen LogP contribution in [-0.4, -0.2) is 12.6 Å². The average molecular weight is 229 g/mol. The molecule has 0 aliphatic rings. The molecule has 0 unspecified atom stereocenters. The molecule has 0 spiro atoms. The largest absolute Gasteiger partial charge is 0.506 e. The van der Waals surface area contributed by atoms with E-state index in [1.54, 1.807) is 19.1 Å². The van der Waals surface area contributed by atoms with Crippen LogP contribution in [0.1, 0.15) is 22.8 Å². The minimum Gasteiger partial charge on any atom is -0.506 e. The molecule has 0 saturated carbocycles. The molecule has 0 aromatic heterocycles. The van der Waals surface area contributed by atoms with E-state index in [0.29, 0.717) is 12.2 Å². The molecule has 3 heteroatoms. The van der Waals surface area contributed by atoms with E-state index in [4.69, 9.17) is 4.74 Å². The Morgan fingerprint density at radius 1 is 1.54 bits per heavy atom. The minimum atomic E-state index is -0.308. The van der Waals surface area contributed by atoms with E-state index in [2.05, 4.69) is 6.07 Å². The van der Waals surface area contributed by atoms with Crippen molar-refractivity contribution in [2.45, 2.75) is 13.8 Å². The van der Waals surface area contributed by atoms with Crippen LogP contribution in [0.5, 0.6) is 0 Å². The van der Waals surface area contributed by atoms with Gasteiger partial charge in [0.1, 0.15) is 0 Å². The molecule has 0 radical (unpaired) electrons. The topological polar surface area (TPSA) is 26.3 Å². The fourth-order valence-corrected chi connectivity index (χ4v) is 0.838. The van der Waals surface area contributed by atoms with Crippen molar-refractivity contribution >= 4 is 5.97 Å². The third-order valence-electron chi connectivity index (χ3n) is 1.46. The Kier molecular flexibility index (Phi) is 5.56. The Morgan fingerprint density at radius 3 is 2.69 bits per heavy atom. The number of ether oxygens (including phenoxy) is 1. The van der Waals surface area contributed by atoms with Crippen molar-refractivity contribution in [3.05, 3.63) is 35.4 Å². The van der Waals surface area contributed by atoms with Crippen LogP contribution in [-0.2, 0) is 24.2 Å². The summed E-state index contributed by atoms with van der Waals surface area (Å²) in [6.07, 6.45) is 0. The summed E-state index contributed by atoms with van der Waals surface area (Å²) < 4.78 is 4.80. The zero-order chi connectivity index (χ0) is 8.97. The Hall–Kier alpha value is -0.687. The Balaban J connectivity index is 0.00000144. The Morgan fingerprint density at radius 2 is 2.23 bits per heavy atom. The summed E-state index contributed by atoms with van der Waals surface area (Å²) in [7, 11) is 0. The molecule has 66 valence electrons. The molecule has 0 amide bonds. The summed E-state index contributed by atoms with van der Waals surface area (Å²) in [5.41, 5.74) is 1.57. The van der Waals surface area contributed by atoms with Gasteiger partial charge < -0.3 is 9.53 Å². The summed E-state index contributed by atoms with van der Waals surface area (Å²) in [5, 5.41) is 0. The van der Waals surface area contributed by atoms with Gasteiger partial charge in [-0.2, -0.15) is 0 Å². The van der Waals surface area contributed by atoms with Crippen molar-refractivity contribution in [1.82, 2.24) is 0 Å². The van der Waals surface area contributed by atoms with Gasteiger partial charge in [-0.05, 0) is 6.92 Å². The van der Waals surface area contributed by atoms with Crippen LogP contribution < -0.4 is 0 Å². The predicted octanol–water partition coefficient (Wildman–Crippen LogP) is 1.97. The van der Waals surface area contributed by atoms with Crippen molar-refractivity contribution in [2.75, 3.05) is 6.61 Å². The van der Waals surface area contributed by atoms with Crippen molar-refractivity contribution in [1.29, 1.82) is 0 Å². The van der Waals surface area contributed by atoms with Gasteiger partial charge in [0.25, 0.3) is 0 Å². The molecule has 0 N–H and O–H groups in total. The smallest absolute Gasteiger partial charge is 0.250 e. The quantitative estimate of drug-likeness (QED) is 0.440. The van der Waals surface area contributed by atoms with Crippen molar-refractivity contribution in [3.8, 4) is 0 Å². The number of benzene rings is 1. The van der Waals surface area contributed by atoms with Crippen molar-refractivity contribution < 1.29 is 29.0 Å². The molecule has 0 aliphatic heterocycles. The Labute approximate surface area is 91.0 Å². The van der Waals surface area contributed by atoms with Gasteiger partial charge in [-0.25, -0.2) is 0 Å². The maximum atomic E-state index is 11.1. The maximum Gasteiger partial charge on any atom is 0.250 e. The average Bonchev–Trinajstić information content (AvgIpc) is 2.06. The number of hydrogen-bond donors (Lipinski definition) is 0. The normalized spacial score (nSPS) is 8.77. The third-order valence-corrected chi connectivity index (χ3v) is 1.46. The number of carbonyl (C=O) groups is 1. The van der Waals surface area contributed by atoms with Crippen molar-refractivity contribution in [3.63, 3.8) is 0 Å². The van der Waals surface area contributed by atoms with Crippen LogP contribution in [0.3, 0.4) is 0 Å². The second-order valence-electron chi connectivity index (χ2n) is 2.50. The summed E-state index contributed by atoms with van der Waals surface area (Å²) in [5.74, 6) is -0.308. The van der Waals surface area contributed by atoms with Gasteiger partial charge in [-0.3, -0.25) is 0 Å². The van der Waals surface area contributed by atoms with Crippen LogP contribution >= 0.6 is 0 Å². The standard InChI is InChI=1S/C10H11O2.Zn/c1-3-12-10(11)9-6-4-8(2)5-7-9;/h4-6H,3H2,1-2H3;/q-1;. The zero-order valence-electron chi connectivity index (χ0n) is 7.96. The molecular weight excluding hydrogens is 217 g/mol. The molecule has 0 bridgehead atoms. The number of esters is 1.